The van der Waals surface area contributed by atoms with Gasteiger partial charge in [-0.15, -0.1) is 0 Å². The van der Waals surface area contributed by atoms with Crippen LogP contribution in [-0.4, -0.2) is 13.1 Å². The minimum atomic E-state index is 0.551. The maximum Gasteiger partial charge on any atom is 0.101 e. The third-order valence-electron chi connectivity index (χ3n) is 4.14. The molecular weight excluding hydrogens is 232 g/mol. The summed E-state index contributed by atoms with van der Waals surface area (Å²) in [5, 5.41) is 9.83. The van der Waals surface area contributed by atoms with E-state index in [1.165, 1.54) is 25.7 Å². The lowest BCUT2D eigenvalue weighted by molar-refractivity contribution is 0.222. The van der Waals surface area contributed by atoms with E-state index in [0.717, 1.165) is 24.3 Å². The van der Waals surface area contributed by atoms with E-state index in [4.69, 9.17) is 16.9 Å². The Morgan fingerprint density at radius 2 is 1.94 bits per heavy atom. The first-order valence-electron chi connectivity index (χ1n) is 6.17. The molecule has 1 aliphatic heterocycles. The molecule has 3 rings (SSSR count). The lowest BCUT2D eigenvalue weighted by atomic mass is 9.78. The summed E-state index contributed by atoms with van der Waals surface area (Å²) in [6.07, 6.45) is 5.45. The molecule has 0 amide bonds. The zero-order chi connectivity index (χ0) is 11.9. The van der Waals surface area contributed by atoms with Crippen molar-refractivity contribution in [2.75, 3.05) is 18.0 Å². The molecule has 0 bridgehead atoms. The third-order valence-corrected chi connectivity index (χ3v) is 4.37. The predicted octanol–water partition coefficient (Wildman–Crippen LogP) is 3.59. The zero-order valence-electron chi connectivity index (χ0n) is 9.75. The van der Waals surface area contributed by atoms with Crippen molar-refractivity contribution in [2.45, 2.75) is 25.7 Å². The third kappa shape index (κ3) is 1.79. The number of hydrogen-bond donors (Lipinski definition) is 0. The van der Waals surface area contributed by atoms with Crippen LogP contribution in [-0.2, 0) is 0 Å². The molecular formula is C14H15ClN2. The van der Waals surface area contributed by atoms with Crippen LogP contribution in [0.25, 0.3) is 0 Å². The average molecular weight is 247 g/mol. The standard InChI is InChI=1S/C14H15ClN2/c15-12-4-3-11(8-16)13(7-12)17-9-14(10-17)5-1-2-6-14/h3-4,7H,1-2,5-6,9-10H2. The van der Waals surface area contributed by atoms with E-state index in [9.17, 15) is 0 Å². The SMILES string of the molecule is N#Cc1ccc(Cl)cc1N1CC2(CCCC2)C1. The van der Waals surface area contributed by atoms with Gasteiger partial charge in [-0.05, 0) is 31.0 Å². The lowest BCUT2D eigenvalue weighted by Crippen LogP contribution is -2.55. The van der Waals surface area contributed by atoms with Gasteiger partial charge in [-0.3, -0.25) is 0 Å². The first-order chi connectivity index (χ1) is 8.22. The highest BCUT2D eigenvalue weighted by Crippen LogP contribution is 2.47. The van der Waals surface area contributed by atoms with Gasteiger partial charge in [-0.2, -0.15) is 5.26 Å². The molecule has 2 aliphatic rings. The first-order valence-corrected chi connectivity index (χ1v) is 6.55. The fourth-order valence-corrected chi connectivity index (χ4v) is 3.40. The van der Waals surface area contributed by atoms with Crippen molar-refractivity contribution in [3.8, 4) is 6.07 Å². The Kier molecular flexibility index (Phi) is 2.52. The van der Waals surface area contributed by atoms with Crippen LogP contribution >= 0.6 is 11.6 Å². The molecule has 1 aromatic carbocycles. The first kappa shape index (κ1) is 10.9. The van der Waals surface area contributed by atoms with E-state index in [2.05, 4.69) is 11.0 Å². The average Bonchev–Trinajstić information content (AvgIpc) is 2.76. The molecule has 1 spiro atoms. The minimum Gasteiger partial charge on any atom is -0.369 e. The van der Waals surface area contributed by atoms with Crippen LogP contribution in [0.4, 0.5) is 5.69 Å². The molecule has 2 nitrogen and oxygen atoms in total. The second-order valence-corrected chi connectivity index (χ2v) is 5.77. The summed E-state index contributed by atoms with van der Waals surface area (Å²) in [5.41, 5.74) is 2.30. The van der Waals surface area contributed by atoms with Crippen LogP contribution in [0.3, 0.4) is 0 Å². The summed E-state index contributed by atoms with van der Waals surface area (Å²) < 4.78 is 0. The zero-order valence-corrected chi connectivity index (χ0v) is 10.5. The van der Waals surface area contributed by atoms with Gasteiger partial charge in [-0.25, -0.2) is 0 Å². The molecule has 2 fully saturated rings. The van der Waals surface area contributed by atoms with Gasteiger partial charge < -0.3 is 4.90 Å². The molecule has 0 radical (unpaired) electrons. The van der Waals surface area contributed by atoms with E-state index in [0.29, 0.717) is 10.4 Å². The minimum absolute atomic E-state index is 0.551. The smallest absolute Gasteiger partial charge is 0.101 e. The molecule has 1 saturated heterocycles. The van der Waals surface area contributed by atoms with Crippen LogP contribution in [0.15, 0.2) is 18.2 Å². The maximum atomic E-state index is 9.11. The van der Waals surface area contributed by atoms with Crippen LogP contribution in [0.1, 0.15) is 31.2 Å². The Morgan fingerprint density at radius 1 is 1.24 bits per heavy atom. The van der Waals surface area contributed by atoms with Gasteiger partial charge in [0.2, 0.25) is 0 Å². The van der Waals surface area contributed by atoms with Crippen LogP contribution in [0.2, 0.25) is 5.02 Å². The van der Waals surface area contributed by atoms with Crippen molar-refractivity contribution in [2.24, 2.45) is 5.41 Å². The summed E-state index contributed by atoms with van der Waals surface area (Å²) in [7, 11) is 0. The fraction of sp³-hybridized carbons (Fsp3) is 0.500. The van der Waals surface area contributed by atoms with E-state index in [1.807, 2.05) is 12.1 Å². The Bertz CT molecular complexity index is 475. The number of hydrogen-bond acceptors (Lipinski definition) is 2. The fourth-order valence-electron chi connectivity index (χ4n) is 3.24. The van der Waals surface area contributed by atoms with Gasteiger partial charge in [0.1, 0.15) is 6.07 Å². The van der Waals surface area contributed by atoms with Crippen molar-refractivity contribution in [1.29, 1.82) is 5.26 Å². The lowest BCUT2D eigenvalue weighted by Gasteiger charge is -2.50. The highest BCUT2D eigenvalue weighted by atomic mass is 35.5. The molecule has 1 heterocycles. The quantitative estimate of drug-likeness (QED) is 0.757. The number of nitrogens with zero attached hydrogens (tertiary/aromatic N) is 2. The van der Waals surface area contributed by atoms with Gasteiger partial charge in [0.25, 0.3) is 0 Å². The Hall–Kier alpha value is -1.20. The number of rotatable bonds is 1. The molecule has 0 unspecified atom stereocenters. The van der Waals surface area contributed by atoms with E-state index < -0.39 is 0 Å². The molecule has 17 heavy (non-hydrogen) atoms. The molecule has 1 saturated carbocycles. The molecule has 0 aromatic heterocycles. The van der Waals surface area contributed by atoms with Gasteiger partial charge >= 0.3 is 0 Å². The topological polar surface area (TPSA) is 27.0 Å². The van der Waals surface area contributed by atoms with Gasteiger partial charge in [-0.1, -0.05) is 24.4 Å². The highest BCUT2D eigenvalue weighted by molar-refractivity contribution is 6.30. The van der Waals surface area contributed by atoms with E-state index in [1.54, 1.807) is 6.07 Å². The number of nitriles is 1. The molecule has 1 aliphatic carbocycles. The van der Waals surface area contributed by atoms with Gasteiger partial charge in [0, 0.05) is 23.5 Å². The Balaban J connectivity index is 1.82. The van der Waals surface area contributed by atoms with Crippen molar-refractivity contribution in [3.05, 3.63) is 28.8 Å². The molecule has 1 aromatic rings. The Morgan fingerprint density at radius 3 is 2.59 bits per heavy atom. The van der Waals surface area contributed by atoms with Crippen molar-refractivity contribution in [3.63, 3.8) is 0 Å². The Labute approximate surface area is 107 Å². The van der Waals surface area contributed by atoms with E-state index >= 15 is 0 Å². The van der Waals surface area contributed by atoms with Crippen LogP contribution in [0, 0.1) is 16.7 Å². The summed E-state index contributed by atoms with van der Waals surface area (Å²) in [6.45, 7) is 2.20. The van der Waals surface area contributed by atoms with Crippen molar-refractivity contribution in [1.82, 2.24) is 0 Å². The normalized spacial score (nSPS) is 21.3. The second kappa shape index (κ2) is 3.92. The molecule has 0 N–H and O–H groups in total. The summed E-state index contributed by atoms with van der Waals surface area (Å²) in [4.78, 5) is 2.30. The predicted molar refractivity (Wildman–Crippen MR) is 69.3 cm³/mol. The maximum absolute atomic E-state index is 9.11. The van der Waals surface area contributed by atoms with Crippen molar-refractivity contribution >= 4 is 17.3 Å². The van der Waals surface area contributed by atoms with Gasteiger partial charge in [0.15, 0.2) is 0 Å². The number of benzene rings is 1. The number of halogens is 1. The van der Waals surface area contributed by atoms with Crippen molar-refractivity contribution < 1.29 is 0 Å². The highest BCUT2D eigenvalue weighted by Gasteiger charge is 2.45. The molecule has 3 heteroatoms. The number of anilines is 1. The summed E-state index contributed by atoms with van der Waals surface area (Å²) in [5.74, 6) is 0. The monoisotopic (exact) mass is 246 g/mol. The van der Waals surface area contributed by atoms with Gasteiger partial charge in [0.05, 0.1) is 11.3 Å². The summed E-state index contributed by atoms with van der Waals surface area (Å²) >= 11 is 6.01. The van der Waals surface area contributed by atoms with E-state index in [-0.39, 0.29) is 0 Å². The second-order valence-electron chi connectivity index (χ2n) is 5.34. The molecule has 88 valence electrons. The molecule has 0 atom stereocenters. The largest absolute Gasteiger partial charge is 0.369 e. The van der Waals surface area contributed by atoms with Crippen LogP contribution in [0.5, 0.6) is 0 Å². The summed E-state index contributed by atoms with van der Waals surface area (Å²) in [6, 6.07) is 7.77. The van der Waals surface area contributed by atoms with Crippen LogP contribution < -0.4 is 4.90 Å².